The molecule has 2 atom stereocenters. The molecular weight excluding hydrogens is 242 g/mol. The van der Waals surface area contributed by atoms with Crippen LogP contribution < -0.4 is 5.32 Å². The van der Waals surface area contributed by atoms with Gasteiger partial charge >= 0.3 is 0 Å². The van der Waals surface area contributed by atoms with Gasteiger partial charge in [-0.25, -0.2) is 8.42 Å². The van der Waals surface area contributed by atoms with E-state index in [0.717, 1.165) is 6.26 Å². The summed E-state index contributed by atoms with van der Waals surface area (Å²) in [6, 6.07) is 6.12. The standard InChI is InChI=1S/C11H17NO4S/c1-12-7-9(13)11(14)8-5-3-4-6-10(8)17(2,15)16/h3-6,9,11-14H,7H2,1-2H3. The summed E-state index contributed by atoms with van der Waals surface area (Å²) in [4.78, 5) is 0.0441. The molecule has 0 spiro atoms. The predicted octanol–water partition coefficient (Wildman–Crippen LogP) is -0.296. The second-order valence-corrected chi connectivity index (χ2v) is 5.86. The van der Waals surface area contributed by atoms with Crippen LogP contribution in [0.25, 0.3) is 0 Å². The number of hydrogen-bond donors (Lipinski definition) is 3. The van der Waals surface area contributed by atoms with E-state index in [2.05, 4.69) is 5.32 Å². The zero-order chi connectivity index (χ0) is 13.1. The first-order chi connectivity index (χ1) is 7.88. The van der Waals surface area contributed by atoms with Gasteiger partial charge in [-0.2, -0.15) is 0 Å². The van der Waals surface area contributed by atoms with Gasteiger partial charge in [-0.1, -0.05) is 18.2 Å². The zero-order valence-corrected chi connectivity index (χ0v) is 10.6. The number of likely N-dealkylation sites (N-methyl/N-ethyl adjacent to an activating group) is 1. The predicted molar refractivity (Wildman–Crippen MR) is 64.4 cm³/mol. The minimum Gasteiger partial charge on any atom is -0.389 e. The summed E-state index contributed by atoms with van der Waals surface area (Å²) in [7, 11) is -1.78. The highest BCUT2D eigenvalue weighted by atomic mass is 32.2. The summed E-state index contributed by atoms with van der Waals surface area (Å²) >= 11 is 0. The molecule has 17 heavy (non-hydrogen) atoms. The van der Waals surface area contributed by atoms with Gasteiger partial charge in [0.1, 0.15) is 6.10 Å². The molecule has 96 valence electrons. The van der Waals surface area contributed by atoms with Crippen molar-refractivity contribution in [3.63, 3.8) is 0 Å². The van der Waals surface area contributed by atoms with E-state index in [0.29, 0.717) is 0 Å². The van der Waals surface area contributed by atoms with Crippen molar-refractivity contribution in [2.24, 2.45) is 0 Å². The Morgan fingerprint density at radius 2 is 1.88 bits per heavy atom. The highest BCUT2D eigenvalue weighted by molar-refractivity contribution is 7.90. The molecule has 0 aliphatic rings. The van der Waals surface area contributed by atoms with Crippen molar-refractivity contribution >= 4 is 9.84 Å². The summed E-state index contributed by atoms with van der Waals surface area (Å²) in [6.07, 6.45) is -1.21. The molecule has 5 nitrogen and oxygen atoms in total. The van der Waals surface area contributed by atoms with Crippen LogP contribution in [0, 0.1) is 0 Å². The van der Waals surface area contributed by atoms with E-state index in [4.69, 9.17) is 0 Å². The summed E-state index contributed by atoms with van der Waals surface area (Å²) < 4.78 is 23.1. The fraction of sp³-hybridized carbons (Fsp3) is 0.455. The number of rotatable bonds is 5. The van der Waals surface area contributed by atoms with Crippen LogP contribution in [0.15, 0.2) is 29.2 Å². The number of sulfone groups is 1. The molecule has 0 aliphatic heterocycles. The second-order valence-electron chi connectivity index (χ2n) is 3.88. The van der Waals surface area contributed by atoms with Gasteiger partial charge in [-0.05, 0) is 13.1 Å². The molecule has 1 aromatic carbocycles. The molecule has 3 N–H and O–H groups in total. The Kier molecular flexibility index (Phi) is 4.64. The molecule has 0 saturated carbocycles. The van der Waals surface area contributed by atoms with Crippen molar-refractivity contribution < 1.29 is 18.6 Å². The molecule has 0 saturated heterocycles. The summed E-state index contributed by atoms with van der Waals surface area (Å²) in [5.41, 5.74) is 0.220. The van der Waals surface area contributed by atoms with Gasteiger partial charge in [0, 0.05) is 18.4 Å². The lowest BCUT2D eigenvalue weighted by Gasteiger charge is -2.19. The lowest BCUT2D eigenvalue weighted by molar-refractivity contribution is 0.0186. The van der Waals surface area contributed by atoms with Crippen molar-refractivity contribution in [2.45, 2.75) is 17.1 Å². The average Bonchev–Trinajstić information content (AvgIpc) is 2.27. The maximum absolute atomic E-state index is 11.5. The van der Waals surface area contributed by atoms with Crippen LogP contribution in [0.2, 0.25) is 0 Å². The molecular formula is C11H17NO4S. The summed E-state index contributed by atoms with van der Waals surface area (Å²) in [5.74, 6) is 0. The van der Waals surface area contributed by atoms with Crippen LogP contribution in [0.1, 0.15) is 11.7 Å². The van der Waals surface area contributed by atoms with Crippen LogP contribution in [0.4, 0.5) is 0 Å². The maximum atomic E-state index is 11.5. The summed E-state index contributed by atoms with van der Waals surface area (Å²) in [5, 5.41) is 22.3. The van der Waals surface area contributed by atoms with E-state index >= 15 is 0 Å². The van der Waals surface area contributed by atoms with E-state index in [1.807, 2.05) is 0 Å². The van der Waals surface area contributed by atoms with Crippen LogP contribution in [-0.2, 0) is 9.84 Å². The minimum atomic E-state index is -3.42. The minimum absolute atomic E-state index is 0.0441. The third-order valence-electron chi connectivity index (χ3n) is 2.41. The van der Waals surface area contributed by atoms with Crippen molar-refractivity contribution in [1.82, 2.24) is 5.32 Å². The van der Waals surface area contributed by atoms with Crippen LogP contribution in [-0.4, -0.2) is 44.6 Å². The fourth-order valence-corrected chi connectivity index (χ4v) is 2.53. The maximum Gasteiger partial charge on any atom is 0.175 e. The Morgan fingerprint density at radius 3 is 2.41 bits per heavy atom. The lowest BCUT2D eigenvalue weighted by atomic mass is 10.0. The Balaban J connectivity index is 3.14. The average molecular weight is 259 g/mol. The van der Waals surface area contributed by atoms with E-state index < -0.39 is 22.0 Å². The first-order valence-electron chi connectivity index (χ1n) is 5.17. The van der Waals surface area contributed by atoms with Crippen molar-refractivity contribution in [1.29, 1.82) is 0 Å². The Morgan fingerprint density at radius 1 is 1.29 bits per heavy atom. The molecule has 0 bridgehead atoms. The fourth-order valence-electron chi connectivity index (χ4n) is 1.59. The third-order valence-corrected chi connectivity index (χ3v) is 3.59. The molecule has 0 amide bonds. The van der Waals surface area contributed by atoms with Crippen molar-refractivity contribution in [2.75, 3.05) is 19.8 Å². The van der Waals surface area contributed by atoms with Gasteiger partial charge in [0.15, 0.2) is 9.84 Å². The first kappa shape index (κ1) is 14.1. The molecule has 0 radical (unpaired) electrons. The Labute approximate surface area is 101 Å². The van der Waals surface area contributed by atoms with Gasteiger partial charge < -0.3 is 15.5 Å². The van der Waals surface area contributed by atoms with Crippen molar-refractivity contribution in [3.8, 4) is 0 Å². The first-order valence-corrected chi connectivity index (χ1v) is 7.06. The lowest BCUT2D eigenvalue weighted by Crippen LogP contribution is -2.30. The molecule has 6 heteroatoms. The zero-order valence-electron chi connectivity index (χ0n) is 9.79. The van der Waals surface area contributed by atoms with Gasteiger partial charge in [0.2, 0.25) is 0 Å². The van der Waals surface area contributed by atoms with E-state index in [9.17, 15) is 18.6 Å². The number of aliphatic hydroxyl groups excluding tert-OH is 2. The van der Waals surface area contributed by atoms with Crippen LogP contribution in [0.3, 0.4) is 0 Å². The van der Waals surface area contributed by atoms with Crippen LogP contribution >= 0.6 is 0 Å². The largest absolute Gasteiger partial charge is 0.389 e. The monoisotopic (exact) mass is 259 g/mol. The third kappa shape index (κ3) is 3.50. The molecule has 1 aromatic rings. The molecule has 0 aliphatic carbocycles. The van der Waals surface area contributed by atoms with Gasteiger partial charge in [-0.3, -0.25) is 0 Å². The highest BCUT2D eigenvalue weighted by Crippen LogP contribution is 2.24. The van der Waals surface area contributed by atoms with Crippen molar-refractivity contribution in [3.05, 3.63) is 29.8 Å². The van der Waals surface area contributed by atoms with E-state index in [1.54, 1.807) is 19.2 Å². The van der Waals surface area contributed by atoms with Gasteiger partial charge in [0.25, 0.3) is 0 Å². The number of nitrogens with one attached hydrogen (secondary N) is 1. The highest BCUT2D eigenvalue weighted by Gasteiger charge is 2.23. The molecule has 1 rings (SSSR count). The van der Waals surface area contributed by atoms with E-state index in [1.165, 1.54) is 12.1 Å². The number of benzene rings is 1. The normalized spacial score (nSPS) is 15.5. The molecule has 0 heterocycles. The Hall–Kier alpha value is -0.950. The topological polar surface area (TPSA) is 86.6 Å². The SMILES string of the molecule is CNCC(O)C(O)c1ccccc1S(C)(=O)=O. The van der Waals surface area contributed by atoms with Gasteiger partial charge in [0.05, 0.1) is 11.0 Å². The quantitative estimate of drug-likeness (QED) is 0.676. The Bertz CT molecular complexity index is 472. The van der Waals surface area contributed by atoms with Gasteiger partial charge in [-0.15, -0.1) is 0 Å². The second kappa shape index (κ2) is 5.59. The number of hydrogen-bond acceptors (Lipinski definition) is 5. The molecule has 2 unspecified atom stereocenters. The molecule has 0 fully saturated rings. The summed E-state index contributed by atoms with van der Waals surface area (Å²) in [6.45, 7) is 0.180. The van der Waals surface area contributed by atoms with Crippen LogP contribution in [0.5, 0.6) is 0 Å². The van der Waals surface area contributed by atoms with E-state index in [-0.39, 0.29) is 17.0 Å². The number of aliphatic hydroxyl groups is 2. The smallest absolute Gasteiger partial charge is 0.175 e. The molecule has 0 aromatic heterocycles.